The summed E-state index contributed by atoms with van der Waals surface area (Å²) in [4.78, 5) is 16.3. The Hall–Kier alpha value is -1.88. The van der Waals surface area contributed by atoms with Crippen LogP contribution >= 0.6 is 0 Å². The quantitative estimate of drug-likeness (QED) is 0.868. The summed E-state index contributed by atoms with van der Waals surface area (Å²) in [5.41, 5.74) is 8.56. The van der Waals surface area contributed by atoms with Crippen molar-refractivity contribution in [3.8, 4) is 0 Å². The molecule has 0 aliphatic carbocycles. The van der Waals surface area contributed by atoms with E-state index in [-0.39, 0.29) is 17.9 Å². The Labute approximate surface area is 112 Å². The fourth-order valence-corrected chi connectivity index (χ4v) is 1.86. The predicted molar refractivity (Wildman–Crippen MR) is 74.6 cm³/mol. The molecule has 0 bridgehead atoms. The fraction of sp³-hybridized carbons (Fsp3) is 0.429. The van der Waals surface area contributed by atoms with Crippen LogP contribution in [0.2, 0.25) is 0 Å². The van der Waals surface area contributed by atoms with Crippen LogP contribution in [0.4, 0.5) is 0 Å². The molecule has 2 aromatic rings. The zero-order chi connectivity index (χ0) is 14.0. The lowest BCUT2D eigenvalue weighted by molar-refractivity contribution is -0.125. The van der Waals surface area contributed by atoms with E-state index in [9.17, 15) is 4.79 Å². The van der Waals surface area contributed by atoms with Gasteiger partial charge in [-0.1, -0.05) is 13.0 Å². The molecule has 0 saturated carbocycles. The highest BCUT2D eigenvalue weighted by atomic mass is 16.1. The minimum Gasteiger partial charge on any atom is -0.350 e. The van der Waals surface area contributed by atoms with Crippen LogP contribution in [0.15, 0.2) is 24.4 Å². The van der Waals surface area contributed by atoms with E-state index in [1.54, 1.807) is 0 Å². The molecule has 5 heteroatoms. The molecule has 0 radical (unpaired) electrons. The Balaban J connectivity index is 2.06. The van der Waals surface area contributed by atoms with Crippen LogP contribution in [0.3, 0.4) is 0 Å². The summed E-state index contributed by atoms with van der Waals surface area (Å²) < 4.78 is 2.01. The molecule has 0 aliphatic rings. The molecule has 2 unspecified atom stereocenters. The highest BCUT2D eigenvalue weighted by Gasteiger charge is 2.16. The number of nitrogens with zero attached hydrogens (tertiary/aromatic N) is 2. The maximum absolute atomic E-state index is 11.8. The van der Waals surface area contributed by atoms with Gasteiger partial charge < -0.3 is 15.5 Å². The van der Waals surface area contributed by atoms with Gasteiger partial charge in [0, 0.05) is 23.9 Å². The minimum absolute atomic E-state index is 0.0382. The van der Waals surface area contributed by atoms with Gasteiger partial charge in [-0.3, -0.25) is 4.79 Å². The molecule has 0 saturated heterocycles. The van der Waals surface area contributed by atoms with Gasteiger partial charge >= 0.3 is 0 Å². The van der Waals surface area contributed by atoms with Crippen molar-refractivity contribution < 1.29 is 4.79 Å². The molecule has 3 N–H and O–H groups in total. The molecular formula is C14H20N4O. The van der Waals surface area contributed by atoms with E-state index < -0.39 is 0 Å². The maximum atomic E-state index is 11.8. The molecule has 102 valence electrons. The van der Waals surface area contributed by atoms with Crippen molar-refractivity contribution in [2.75, 3.05) is 0 Å². The van der Waals surface area contributed by atoms with Gasteiger partial charge in [-0.2, -0.15) is 0 Å². The number of nitrogens with one attached hydrogen (secondary N) is 1. The van der Waals surface area contributed by atoms with E-state index in [4.69, 9.17) is 5.73 Å². The number of carbonyl (C=O) groups excluding carboxylic acids is 1. The smallest absolute Gasteiger partial charge is 0.224 e. The molecule has 0 aromatic carbocycles. The number of nitrogens with two attached hydrogens (primary N) is 1. The fourth-order valence-electron chi connectivity index (χ4n) is 1.86. The van der Waals surface area contributed by atoms with E-state index in [1.807, 2.05) is 49.6 Å². The van der Waals surface area contributed by atoms with Crippen LogP contribution < -0.4 is 11.1 Å². The molecular weight excluding hydrogens is 240 g/mol. The number of hydrogen-bond donors (Lipinski definition) is 2. The van der Waals surface area contributed by atoms with Crippen LogP contribution in [0.1, 0.15) is 25.2 Å². The SMILES string of the molecule is Cc1cccc2nc(CNC(=O)C(C)C(C)N)cn12. The average molecular weight is 260 g/mol. The first-order chi connectivity index (χ1) is 8.99. The number of imidazole rings is 1. The summed E-state index contributed by atoms with van der Waals surface area (Å²) in [6.45, 7) is 6.11. The number of rotatable bonds is 4. The van der Waals surface area contributed by atoms with E-state index in [2.05, 4.69) is 10.3 Å². The molecule has 0 fully saturated rings. The van der Waals surface area contributed by atoms with Crippen molar-refractivity contribution in [2.24, 2.45) is 11.7 Å². The van der Waals surface area contributed by atoms with E-state index in [0.29, 0.717) is 6.54 Å². The Bertz CT molecular complexity index is 588. The van der Waals surface area contributed by atoms with Crippen molar-refractivity contribution in [3.63, 3.8) is 0 Å². The second-order valence-corrected chi connectivity index (χ2v) is 4.99. The molecule has 0 aliphatic heterocycles. The first-order valence-electron chi connectivity index (χ1n) is 6.46. The van der Waals surface area contributed by atoms with Crippen LogP contribution in [-0.2, 0) is 11.3 Å². The Morgan fingerprint density at radius 1 is 1.47 bits per heavy atom. The van der Waals surface area contributed by atoms with Crippen LogP contribution in [0, 0.1) is 12.8 Å². The molecule has 2 aromatic heterocycles. The van der Waals surface area contributed by atoms with Crippen molar-refractivity contribution in [1.82, 2.24) is 14.7 Å². The van der Waals surface area contributed by atoms with E-state index in [0.717, 1.165) is 17.0 Å². The monoisotopic (exact) mass is 260 g/mol. The number of aromatic nitrogens is 2. The Morgan fingerprint density at radius 2 is 2.21 bits per heavy atom. The molecule has 2 atom stereocenters. The summed E-state index contributed by atoms with van der Waals surface area (Å²) in [5.74, 6) is -0.234. The number of aryl methyl sites for hydroxylation is 1. The van der Waals surface area contributed by atoms with Crippen molar-refractivity contribution in [1.29, 1.82) is 0 Å². The molecule has 0 spiro atoms. The molecule has 2 heterocycles. The van der Waals surface area contributed by atoms with E-state index >= 15 is 0 Å². The van der Waals surface area contributed by atoms with Gasteiger partial charge in [-0.25, -0.2) is 4.98 Å². The Morgan fingerprint density at radius 3 is 2.84 bits per heavy atom. The van der Waals surface area contributed by atoms with Gasteiger partial charge in [-0.05, 0) is 26.0 Å². The third-order valence-electron chi connectivity index (χ3n) is 3.39. The lowest BCUT2D eigenvalue weighted by Crippen LogP contribution is -2.38. The third-order valence-corrected chi connectivity index (χ3v) is 3.39. The van der Waals surface area contributed by atoms with Gasteiger partial charge in [0.05, 0.1) is 12.2 Å². The summed E-state index contributed by atoms with van der Waals surface area (Å²) in [5, 5.41) is 2.87. The van der Waals surface area contributed by atoms with Gasteiger partial charge in [0.15, 0.2) is 0 Å². The minimum atomic E-state index is -0.196. The summed E-state index contributed by atoms with van der Waals surface area (Å²) in [7, 11) is 0. The number of hydrogen-bond acceptors (Lipinski definition) is 3. The number of pyridine rings is 1. The zero-order valence-electron chi connectivity index (χ0n) is 11.6. The van der Waals surface area contributed by atoms with Gasteiger partial charge in [-0.15, -0.1) is 0 Å². The lowest BCUT2D eigenvalue weighted by Gasteiger charge is -2.14. The second-order valence-electron chi connectivity index (χ2n) is 4.99. The first-order valence-corrected chi connectivity index (χ1v) is 6.46. The molecule has 5 nitrogen and oxygen atoms in total. The molecule has 2 rings (SSSR count). The maximum Gasteiger partial charge on any atom is 0.224 e. The van der Waals surface area contributed by atoms with Crippen LogP contribution in [-0.4, -0.2) is 21.3 Å². The van der Waals surface area contributed by atoms with Gasteiger partial charge in [0.1, 0.15) is 5.65 Å². The molecule has 1 amide bonds. The summed E-state index contributed by atoms with van der Waals surface area (Å²) >= 11 is 0. The van der Waals surface area contributed by atoms with E-state index in [1.165, 1.54) is 0 Å². The van der Waals surface area contributed by atoms with Crippen molar-refractivity contribution in [3.05, 3.63) is 35.8 Å². The number of fused-ring (bicyclic) bond motifs is 1. The number of carbonyl (C=O) groups is 1. The average Bonchev–Trinajstić information content (AvgIpc) is 2.79. The highest BCUT2D eigenvalue weighted by molar-refractivity contribution is 5.78. The normalized spacial score (nSPS) is 14.3. The summed E-state index contributed by atoms with van der Waals surface area (Å²) in [6.07, 6.45) is 1.95. The van der Waals surface area contributed by atoms with Crippen molar-refractivity contribution >= 4 is 11.6 Å². The second kappa shape index (κ2) is 5.40. The number of amides is 1. The van der Waals surface area contributed by atoms with Gasteiger partial charge in [0.25, 0.3) is 0 Å². The topological polar surface area (TPSA) is 72.4 Å². The molecule has 19 heavy (non-hydrogen) atoms. The summed E-state index contributed by atoms with van der Waals surface area (Å²) in [6, 6.07) is 5.79. The Kier molecular flexibility index (Phi) is 3.85. The van der Waals surface area contributed by atoms with Crippen LogP contribution in [0.25, 0.3) is 5.65 Å². The van der Waals surface area contributed by atoms with Gasteiger partial charge in [0.2, 0.25) is 5.91 Å². The largest absolute Gasteiger partial charge is 0.350 e. The van der Waals surface area contributed by atoms with Crippen LogP contribution in [0.5, 0.6) is 0 Å². The highest BCUT2D eigenvalue weighted by Crippen LogP contribution is 2.08. The first kappa shape index (κ1) is 13.5. The predicted octanol–water partition coefficient (Wildman–Crippen LogP) is 1.24. The standard InChI is InChI=1S/C14H20N4O/c1-9-5-4-6-13-17-12(8-18(9)13)7-16-14(19)10(2)11(3)15/h4-6,8,10-11H,7,15H2,1-3H3,(H,16,19). The lowest BCUT2D eigenvalue weighted by atomic mass is 10.0. The zero-order valence-corrected chi connectivity index (χ0v) is 11.6. The third kappa shape index (κ3) is 2.93. The van der Waals surface area contributed by atoms with Crippen molar-refractivity contribution in [2.45, 2.75) is 33.4 Å².